The molecule has 2 unspecified atom stereocenters. The van der Waals surface area contributed by atoms with Crippen LogP contribution < -0.4 is 10.1 Å². The smallest absolute Gasteiger partial charge is 0.141 e. The number of rotatable bonds is 3. The zero-order chi connectivity index (χ0) is 13.2. The molecule has 19 heavy (non-hydrogen) atoms. The average molecular weight is 260 g/mol. The first-order valence-corrected chi connectivity index (χ1v) is 7.41. The predicted octanol–water partition coefficient (Wildman–Crippen LogP) is 3.04. The number of anilines is 1. The summed E-state index contributed by atoms with van der Waals surface area (Å²) in [6.45, 7) is 4.69. The van der Waals surface area contributed by atoms with Gasteiger partial charge in [0.2, 0.25) is 0 Å². The van der Waals surface area contributed by atoms with E-state index in [-0.39, 0.29) is 0 Å². The van der Waals surface area contributed by atoms with Crippen LogP contribution >= 0.6 is 0 Å². The van der Waals surface area contributed by atoms with Crippen LogP contribution in [0.3, 0.4) is 0 Å². The second-order valence-corrected chi connectivity index (χ2v) is 5.90. The molecule has 3 nitrogen and oxygen atoms in total. The van der Waals surface area contributed by atoms with Gasteiger partial charge in [-0.1, -0.05) is 6.07 Å². The largest absolute Gasteiger partial charge is 0.495 e. The van der Waals surface area contributed by atoms with Crippen molar-refractivity contribution in [3.05, 3.63) is 23.8 Å². The molecule has 2 saturated heterocycles. The molecule has 1 aromatic carbocycles. The Balaban J connectivity index is 1.69. The van der Waals surface area contributed by atoms with Gasteiger partial charge in [-0.15, -0.1) is 0 Å². The standard InChI is InChI=1S/C16H24N2O/c1-12-5-6-16(19-2)15(10-12)17-13-7-9-18-8-3-4-14(18)11-13/h5-6,10,13-14,17H,3-4,7-9,11H2,1-2H3. The third-order valence-corrected chi connectivity index (χ3v) is 4.54. The van der Waals surface area contributed by atoms with Crippen LogP contribution in [-0.4, -0.2) is 37.2 Å². The molecular formula is C16H24N2O. The molecule has 0 aliphatic carbocycles. The lowest BCUT2D eigenvalue weighted by Gasteiger charge is -2.35. The maximum absolute atomic E-state index is 5.46. The first-order valence-electron chi connectivity index (χ1n) is 7.41. The molecule has 1 N–H and O–H groups in total. The number of fused-ring (bicyclic) bond motifs is 1. The fraction of sp³-hybridized carbons (Fsp3) is 0.625. The molecule has 2 atom stereocenters. The molecule has 3 rings (SSSR count). The van der Waals surface area contributed by atoms with Gasteiger partial charge in [-0.3, -0.25) is 0 Å². The highest BCUT2D eigenvalue weighted by molar-refractivity contribution is 5.58. The van der Waals surface area contributed by atoms with Crippen molar-refractivity contribution in [2.75, 3.05) is 25.5 Å². The van der Waals surface area contributed by atoms with Crippen molar-refractivity contribution in [1.82, 2.24) is 4.90 Å². The summed E-state index contributed by atoms with van der Waals surface area (Å²) in [5, 5.41) is 3.70. The van der Waals surface area contributed by atoms with Crippen molar-refractivity contribution in [1.29, 1.82) is 0 Å². The van der Waals surface area contributed by atoms with Crippen molar-refractivity contribution in [2.45, 2.75) is 44.7 Å². The summed E-state index contributed by atoms with van der Waals surface area (Å²) in [7, 11) is 1.75. The SMILES string of the molecule is COc1ccc(C)cc1NC1CCN2CCCC2C1. The lowest BCUT2D eigenvalue weighted by molar-refractivity contribution is 0.188. The first-order chi connectivity index (χ1) is 9.26. The fourth-order valence-electron chi connectivity index (χ4n) is 3.51. The van der Waals surface area contributed by atoms with E-state index in [0.717, 1.165) is 17.5 Å². The second-order valence-electron chi connectivity index (χ2n) is 5.90. The molecule has 0 radical (unpaired) electrons. The minimum Gasteiger partial charge on any atom is -0.495 e. The fourth-order valence-corrected chi connectivity index (χ4v) is 3.51. The van der Waals surface area contributed by atoms with Crippen molar-refractivity contribution in [2.24, 2.45) is 0 Å². The van der Waals surface area contributed by atoms with Gasteiger partial charge in [0.1, 0.15) is 5.75 Å². The molecular weight excluding hydrogens is 236 g/mol. The maximum Gasteiger partial charge on any atom is 0.141 e. The summed E-state index contributed by atoms with van der Waals surface area (Å²) in [6, 6.07) is 7.75. The Kier molecular flexibility index (Phi) is 3.65. The molecule has 2 heterocycles. The van der Waals surface area contributed by atoms with Crippen LogP contribution in [0.2, 0.25) is 0 Å². The van der Waals surface area contributed by atoms with Gasteiger partial charge in [0, 0.05) is 18.6 Å². The summed E-state index contributed by atoms with van der Waals surface area (Å²) in [6.07, 6.45) is 5.28. The van der Waals surface area contributed by atoms with Crippen LogP contribution in [0.4, 0.5) is 5.69 Å². The molecule has 2 fully saturated rings. The number of nitrogens with one attached hydrogen (secondary N) is 1. The third kappa shape index (κ3) is 2.71. The number of aryl methyl sites for hydroxylation is 1. The van der Waals surface area contributed by atoms with Gasteiger partial charge >= 0.3 is 0 Å². The molecule has 0 saturated carbocycles. The van der Waals surface area contributed by atoms with Gasteiger partial charge in [-0.2, -0.15) is 0 Å². The lowest BCUT2D eigenvalue weighted by Crippen LogP contribution is -2.42. The topological polar surface area (TPSA) is 24.5 Å². The average Bonchev–Trinajstić information content (AvgIpc) is 2.86. The molecule has 3 heteroatoms. The van der Waals surface area contributed by atoms with E-state index >= 15 is 0 Å². The molecule has 2 aliphatic rings. The maximum atomic E-state index is 5.46. The van der Waals surface area contributed by atoms with Crippen molar-refractivity contribution in [3.8, 4) is 5.75 Å². The van der Waals surface area contributed by atoms with E-state index in [2.05, 4.69) is 35.3 Å². The van der Waals surface area contributed by atoms with Crippen molar-refractivity contribution < 1.29 is 4.74 Å². The molecule has 1 aromatic rings. The summed E-state index contributed by atoms with van der Waals surface area (Å²) in [5.74, 6) is 0.958. The Morgan fingerprint density at radius 1 is 1.26 bits per heavy atom. The molecule has 0 amide bonds. The summed E-state index contributed by atoms with van der Waals surface area (Å²) in [4.78, 5) is 2.66. The highest BCUT2D eigenvalue weighted by Gasteiger charge is 2.31. The number of methoxy groups -OCH3 is 1. The zero-order valence-electron chi connectivity index (χ0n) is 12.0. The minimum absolute atomic E-state index is 0.593. The van der Waals surface area contributed by atoms with E-state index < -0.39 is 0 Å². The molecule has 2 aliphatic heterocycles. The van der Waals surface area contributed by atoms with Gasteiger partial charge in [-0.05, 0) is 56.8 Å². The Labute approximate surface area is 115 Å². The van der Waals surface area contributed by atoms with E-state index in [1.165, 1.54) is 44.3 Å². The van der Waals surface area contributed by atoms with Crippen molar-refractivity contribution in [3.63, 3.8) is 0 Å². The molecule has 0 aromatic heterocycles. The molecule has 0 bridgehead atoms. The summed E-state index contributed by atoms with van der Waals surface area (Å²) < 4.78 is 5.46. The van der Waals surface area contributed by atoms with Crippen LogP contribution in [0.1, 0.15) is 31.2 Å². The number of hydrogen-bond acceptors (Lipinski definition) is 3. The lowest BCUT2D eigenvalue weighted by atomic mass is 9.97. The highest BCUT2D eigenvalue weighted by Crippen LogP contribution is 2.31. The summed E-state index contributed by atoms with van der Waals surface area (Å²) in [5.41, 5.74) is 2.43. The van der Waals surface area contributed by atoms with Gasteiger partial charge in [0.15, 0.2) is 0 Å². The van der Waals surface area contributed by atoms with Gasteiger partial charge in [-0.25, -0.2) is 0 Å². The van der Waals surface area contributed by atoms with E-state index in [4.69, 9.17) is 4.74 Å². The number of hydrogen-bond donors (Lipinski definition) is 1. The third-order valence-electron chi connectivity index (χ3n) is 4.54. The predicted molar refractivity (Wildman–Crippen MR) is 79.0 cm³/mol. The Hall–Kier alpha value is -1.22. The number of benzene rings is 1. The van der Waals surface area contributed by atoms with E-state index in [9.17, 15) is 0 Å². The van der Waals surface area contributed by atoms with Crippen LogP contribution in [0, 0.1) is 6.92 Å². The Bertz CT molecular complexity index is 446. The van der Waals surface area contributed by atoms with Crippen LogP contribution in [-0.2, 0) is 0 Å². The van der Waals surface area contributed by atoms with Crippen LogP contribution in [0.25, 0.3) is 0 Å². The van der Waals surface area contributed by atoms with E-state index in [1.807, 2.05) is 0 Å². The number of nitrogens with zero attached hydrogens (tertiary/aromatic N) is 1. The minimum atomic E-state index is 0.593. The summed E-state index contributed by atoms with van der Waals surface area (Å²) >= 11 is 0. The zero-order valence-corrected chi connectivity index (χ0v) is 12.0. The van der Waals surface area contributed by atoms with Crippen LogP contribution in [0.15, 0.2) is 18.2 Å². The first kappa shape index (κ1) is 12.8. The number of ether oxygens (including phenoxy) is 1. The van der Waals surface area contributed by atoms with Crippen molar-refractivity contribution >= 4 is 5.69 Å². The van der Waals surface area contributed by atoms with Gasteiger partial charge < -0.3 is 15.0 Å². The quantitative estimate of drug-likeness (QED) is 0.904. The van der Waals surface area contributed by atoms with Crippen LogP contribution in [0.5, 0.6) is 5.75 Å². The normalized spacial score (nSPS) is 27.1. The Morgan fingerprint density at radius 3 is 3.00 bits per heavy atom. The van der Waals surface area contributed by atoms with E-state index in [1.54, 1.807) is 7.11 Å². The monoisotopic (exact) mass is 260 g/mol. The van der Waals surface area contributed by atoms with E-state index in [0.29, 0.717) is 6.04 Å². The Morgan fingerprint density at radius 2 is 2.16 bits per heavy atom. The van der Waals surface area contributed by atoms with Gasteiger partial charge in [0.05, 0.1) is 12.8 Å². The highest BCUT2D eigenvalue weighted by atomic mass is 16.5. The van der Waals surface area contributed by atoms with Gasteiger partial charge in [0.25, 0.3) is 0 Å². The molecule has 0 spiro atoms. The molecule has 104 valence electrons. The second kappa shape index (κ2) is 5.41. The number of piperidine rings is 1.